The lowest BCUT2D eigenvalue weighted by Gasteiger charge is -2.33. The molecule has 1 N–H and O–H groups in total. The highest BCUT2D eigenvalue weighted by Crippen LogP contribution is 2.21. The Bertz CT molecular complexity index is 215. The van der Waals surface area contributed by atoms with Gasteiger partial charge >= 0.3 is 0 Å². The van der Waals surface area contributed by atoms with E-state index in [1.54, 1.807) is 0 Å². The number of ether oxygens (including phenoxy) is 1. The molecule has 0 aromatic carbocycles. The lowest BCUT2D eigenvalue weighted by atomic mass is 9.92. The number of carbonyl (C=O) groups is 1. The van der Waals surface area contributed by atoms with Crippen LogP contribution in [0.4, 0.5) is 0 Å². The summed E-state index contributed by atoms with van der Waals surface area (Å²) >= 11 is 5.97. The molecule has 0 unspecified atom stereocenters. The van der Waals surface area contributed by atoms with Crippen LogP contribution in [0, 0.1) is 5.92 Å². The van der Waals surface area contributed by atoms with Gasteiger partial charge in [0.15, 0.2) is 0 Å². The molecule has 1 fully saturated rings. The van der Waals surface area contributed by atoms with Crippen molar-refractivity contribution in [3.8, 4) is 0 Å². The number of halogens is 1. The van der Waals surface area contributed by atoms with Crippen molar-refractivity contribution in [3.63, 3.8) is 0 Å². The van der Waals surface area contributed by atoms with Gasteiger partial charge in [-0.3, -0.25) is 4.79 Å². The van der Waals surface area contributed by atoms with E-state index in [4.69, 9.17) is 16.3 Å². The van der Waals surface area contributed by atoms with Gasteiger partial charge in [-0.15, -0.1) is 11.6 Å². The summed E-state index contributed by atoms with van der Waals surface area (Å²) < 4.78 is 5.25. The molecular formula is C12H22ClNO2. The molecule has 1 amide bonds. The lowest BCUT2D eigenvalue weighted by Crippen LogP contribution is -2.51. The zero-order valence-electron chi connectivity index (χ0n) is 10.2. The van der Waals surface area contributed by atoms with Gasteiger partial charge in [-0.1, -0.05) is 13.8 Å². The summed E-state index contributed by atoms with van der Waals surface area (Å²) in [7, 11) is 0. The minimum atomic E-state index is -0.225. The second-order valence-electron chi connectivity index (χ2n) is 4.50. The smallest absolute Gasteiger partial charge is 0.223 e. The van der Waals surface area contributed by atoms with Crippen molar-refractivity contribution in [1.29, 1.82) is 0 Å². The predicted octanol–water partition coefficient (Wildman–Crippen LogP) is 2.33. The van der Waals surface area contributed by atoms with Gasteiger partial charge in [-0.05, 0) is 25.7 Å². The molecule has 3 nitrogen and oxygen atoms in total. The molecule has 1 saturated heterocycles. The number of carbonyl (C=O) groups excluding carboxylic acids is 1. The van der Waals surface area contributed by atoms with Gasteiger partial charge in [-0.2, -0.15) is 0 Å². The maximum atomic E-state index is 12.1. The number of alkyl halides is 1. The summed E-state index contributed by atoms with van der Waals surface area (Å²) in [6.45, 7) is 5.53. The van der Waals surface area contributed by atoms with Crippen LogP contribution < -0.4 is 5.32 Å². The number of hydrogen-bond donors (Lipinski definition) is 1. The second-order valence-corrected chi connectivity index (χ2v) is 4.76. The molecule has 0 spiro atoms. The van der Waals surface area contributed by atoms with Crippen LogP contribution >= 0.6 is 11.6 Å². The molecule has 1 heterocycles. The highest BCUT2D eigenvalue weighted by molar-refractivity contribution is 6.18. The number of rotatable bonds is 5. The molecule has 0 radical (unpaired) electrons. The molecule has 0 bridgehead atoms. The largest absolute Gasteiger partial charge is 0.381 e. The topological polar surface area (TPSA) is 38.3 Å². The number of amides is 1. The van der Waals surface area contributed by atoms with Crippen LogP contribution in [0.1, 0.15) is 39.5 Å². The van der Waals surface area contributed by atoms with Gasteiger partial charge in [0, 0.05) is 25.0 Å². The molecule has 0 aromatic heterocycles. The van der Waals surface area contributed by atoms with E-state index >= 15 is 0 Å². The van der Waals surface area contributed by atoms with Gasteiger partial charge in [0.2, 0.25) is 5.91 Å². The molecule has 0 aromatic rings. The van der Waals surface area contributed by atoms with E-state index in [-0.39, 0.29) is 17.4 Å². The fraction of sp³-hybridized carbons (Fsp3) is 0.917. The van der Waals surface area contributed by atoms with Crippen LogP contribution in [0.3, 0.4) is 0 Å². The Labute approximate surface area is 103 Å². The van der Waals surface area contributed by atoms with Crippen molar-refractivity contribution in [2.24, 2.45) is 5.92 Å². The Morgan fingerprint density at radius 2 is 1.94 bits per heavy atom. The quantitative estimate of drug-likeness (QED) is 0.758. The number of nitrogens with one attached hydrogen (secondary N) is 1. The Balaban J connectivity index is 2.53. The minimum Gasteiger partial charge on any atom is -0.381 e. The van der Waals surface area contributed by atoms with Crippen LogP contribution in [-0.2, 0) is 9.53 Å². The first-order chi connectivity index (χ1) is 7.67. The second kappa shape index (κ2) is 6.45. The first kappa shape index (κ1) is 13.8. The third kappa shape index (κ3) is 3.36. The van der Waals surface area contributed by atoms with E-state index < -0.39 is 0 Å². The van der Waals surface area contributed by atoms with E-state index in [1.165, 1.54) is 0 Å². The van der Waals surface area contributed by atoms with Gasteiger partial charge in [0.1, 0.15) is 0 Å². The van der Waals surface area contributed by atoms with Crippen LogP contribution in [0.5, 0.6) is 0 Å². The van der Waals surface area contributed by atoms with E-state index in [0.29, 0.717) is 19.1 Å². The summed E-state index contributed by atoms with van der Waals surface area (Å²) in [5.41, 5.74) is -0.225. The molecule has 94 valence electrons. The monoisotopic (exact) mass is 247 g/mol. The first-order valence-electron chi connectivity index (χ1n) is 6.13. The third-order valence-electron chi connectivity index (χ3n) is 3.59. The molecule has 0 saturated carbocycles. The van der Waals surface area contributed by atoms with Gasteiger partial charge in [0.05, 0.1) is 5.54 Å². The summed E-state index contributed by atoms with van der Waals surface area (Å²) in [6, 6.07) is 0. The summed E-state index contributed by atoms with van der Waals surface area (Å²) in [6.07, 6.45) is 3.42. The molecule has 0 aliphatic carbocycles. The van der Waals surface area contributed by atoms with Crippen molar-refractivity contribution in [3.05, 3.63) is 0 Å². The Hall–Kier alpha value is -0.280. The van der Waals surface area contributed by atoms with Gasteiger partial charge < -0.3 is 10.1 Å². The average Bonchev–Trinajstić information content (AvgIpc) is 2.37. The standard InChI is InChI=1S/C12H22ClNO2/c1-3-12(4-2,9-13)14-11(15)10-5-7-16-8-6-10/h10H,3-9H2,1-2H3,(H,14,15). The fourth-order valence-electron chi connectivity index (χ4n) is 1.97. The number of hydrogen-bond acceptors (Lipinski definition) is 2. The molecule has 1 rings (SSSR count). The maximum absolute atomic E-state index is 12.1. The van der Waals surface area contributed by atoms with Crippen molar-refractivity contribution in [2.75, 3.05) is 19.1 Å². The Kier molecular flexibility index (Phi) is 5.56. The highest BCUT2D eigenvalue weighted by atomic mass is 35.5. The van der Waals surface area contributed by atoms with Crippen molar-refractivity contribution in [2.45, 2.75) is 45.1 Å². The Morgan fingerprint density at radius 1 is 1.38 bits per heavy atom. The van der Waals surface area contributed by atoms with Crippen LogP contribution in [0.15, 0.2) is 0 Å². The van der Waals surface area contributed by atoms with Crippen LogP contribution in [0.2, 0.25) is 0 Å². The van der Waals surface area contributed by atoms with Crippen molar-refractivity contribution in [1.82, 2.24) is 5.32 Å². The van der Waals surface area contributed by atoms with Crippen LogP contribution in [-0.4, -0.2) is 30.5 Å². The van der Waals surface area contributed by atoms with Gasteiger partial charge in [-0.25, -0.2) is 0 Å². The third-order valence-corrected chi connectivity index (χ3v) is 4.10. The molecule has 0 atom stereocenters. The van der Waals surface area contributed by atoms with Crippen molar-refractivity contribution >= 4 is 17.5 Å². The van der Waals surface area contributed by atoms with E-state index in [1.807, 2.05) is 0 Å². The summed E-state index contributed by atoms with van der Waals surface area (Å²) in [5, 5.41) is 3.12. The molecular weight excluding hydrogens is 226 g/mol. The van der Waals surface area contributed by atoms with Crippen molar-refractivity contribution < 1.29 is 9.53 Å². The zero-order chi connectivity index (χ0) is 12.0. The SMILES string of the molecule is CCC(CC)(CCl)NC(=O)C1CCOCC1. The van der Waals surface area contributed by atoms with Crippen LogP contribution in [0.25, 0.3) is 0 Å². The average molecular weight is 248 g/mol. The first-order valence-corrected chi connectivity index (χ1v) is 6.66. The predicted molar refractivity (Wildman–Crippen MR) is 65.7 cm³/mol. The fourth-order valence-corrected chi connectivity index (χ4v) is 2.42. The summed E-state index contributed by atoms with van der Waals surface area (Å²) in [4.78, 5) is 12.1. The molecule has 16 heavy (non-hydrogen) atoms. The lowest BCUT2D eigenvalue weighted by molar-refractivity contribution is -0.129. The molecule has 1 aliphatic heterocycles. The van der Waals surface area contributed by atoms with E-state index in [2.05, 4.69) is 19.2 Å². The normalized spacial score (nSPS) is 18.4. The highest BCUT2D eigenvalue weighted by Gasteiger charge is 2.30. The van der Waals surface area contributed by atoms with Gasteiger partial charge in [0.25, 0.3) is 0 Å². The zero-order valence-corrected chi connectivity index (χ0v) is 11.0. The van der Waals surface area contributed by atoms with E-state index in [9.17, 15) is 4.79 Å². The molecule has 1 aliphatic rings. The molecule has 4 heteroatoms. The maximum Gasteiger partial charge on any atom is 0.223 e. The Morgan fingerprint density at radius 3 is 2.38 bits per heavy atom. The minimum absolute atomic E-state index is 0.106. The van der Waals surface area contributed by atoms with E-state index in [0.717, 1.165) is 25.7 Å². The summed E-state index contributed by atoms with van der Waals surface area (Å²) in [5.74, 6) is 0.733.